The highest BCUT2D eigenvalue weighted by molar-refractivity contribution is 9.10. The number of carbonyl (C=O) groups excluding carboxylic acids is 3. The molecule has 31 heavy (non-hydrogen) atoms. The highest BCUT2D eigenvalue weighted by Crippen LogP contribution is 2.24. The number of hydrogen-bond donors (Lipinski definition) is 1. The number of imide groups is 2. The molecule has 6 nitrogen and oxygen atoms in total. The third-order valence-electron chi connectivity index (χ3n) is 4.63. The number of carbonyl (C=O) groups is 3. The molecule has 0 saturated carbocycles. The Balaban J connectivity index is 1.52. The summed E-state index contributed by atoms with van der Waals surface area (Å²) in [6.07, 6.45) is 1.46. The van der Waals surface area contributed by atoms with Gasteiger partial charge >= 0.3 is 6.03 Å². The Labute approximate surface area is 187 Å². The van der Waals surface area contributed by atoms with Crippen LogP contribution in [-0.2, 0) is 16.2 Å². The maximum Gasteiger partial charge on any atom is 0.335 e. The molecule has 0 atom stereocenters. The Morgan fingerprint density at radius 2 is 1.55 bits per heavy atom. The third-order valence-corrected chi connectivity index (χ3v) is 5.15. The number of urea groups is 1. The standard InChI is InChI=1S/C24H17BrN2O4/c25-18-8-10-19(11-9-18)27-23(29)21(22(28)26-24(27)30)14-16-6-12-20(13-7-16)31-15-17-4-2-1-3-5-17/h1-14H,15H2,(H,26,28,30). The van der Waals surface area contributed by atoms with Crippen LogP contribution in [0.4, 0.5) is 10.5 Å². The molecule has 0 aliphatic carbocycles. The minimum absolute atomic E-state index is 0.125. The summed E-state index contributed by atoms with van der Waals surface area (Å²) in [6.45, 7) is 0.437. The molecule has 1 heterocycles. The minimum Gasteiger partial charge on any atom is -0.489 e. The van der Waals surface area contributed by atoms with E-state index in [0.717, 1.165) is 14.9 Å². The lowest BCUT2D eigenvalue weighted by molar-refractivity contribution is -0.122. The first-order chi connectivity index (χ1) is 15.0. The molecule has 1 aliphatic rings. The fourth-order valence-corrected chi connectivity index (χ4v) is 3.31. The van der Waals surface area contributed by atoms with Crippen molar-refractivity contribution in [2.75, 3.05) is 4.90 Å². The van der Waals surface area contributed by atoms with Crippen LogP contribution in [0.2, 0.25) is 0 Å². The van der Waals surface area contributed by atoms with Crippen LogP contribution in [0.25, 0.3) is 6.08 Å². The van der Waals surface area contributed by atoms with Gasteiger partial charge < -0.3 is 4.74 Å². The summed E-state index contributed by atoms with van der Waals surface area (Å²) < 4.78 is 6.56. The second-order valence-electron chi connectivity index (χ2n) is 6.78. The Morgan fingerprint density at radius 1 is 0.871 bits per heavy atom. The van der Waals surface area contributed by atoms with Crippen molar-refractivity contribution in [3.05, 3.63) is 100 Å². The molecular weight excluding hydrogens is 460 g/mol. The molecule has 1 saturated heterocycles. The van der Waals surface area contributed by atoms with Crippen molar-refractivity contribution in [1.82, 2.24) is 5.32 Å². The summed E-state index contributed by atoms with van der Waals surface area (Å²) in [5, 5.41) is 2.22. The zero-order valence-electron chi connectivity index (χ0n) is 16.2. The van der Waals surface area contributed by atoms with Crippen LogP contribution < -0.4 is 15.0 Å². The first kappa shape index (κ1) is 20.6. The number of ether oxygens (including phenoxy) is 1. The van der Waals surface area contributed by atoms with Gasteiger partial charge in [0, 0.05) is 4.47 Å². The van der Waals surface area contributed by atoms with E-state index in [1.165, 1.54) is 6.08 Å². The number of hydrogen-bond acceptors (Lipinski definition) is 4. The molecule has 0 bridgehead atoms. The summed E-state index contributed by atoms with van der Waals surface area (Å²) in [5.41, 5.74) is 1.93. The number of nitrogens with one attached hydrogen (secondary N) is 1. The van der Waals surface area contributed by atoms with Crippen molar-refractivity contribution in [2.24, 2.45) is 0 Å². The Morgan fingerprint density at radius 3 is 2.23 bits per heavy atom. The van der Waals surface area contributed by atoms with Gasteiger partial charge in [0.05, 0.1) is 5.69 Å². The van der Waals surface area contributed by atoms with Crippen LogP contribution in [0.1, 0.15) is 11.1 Å². The van der Waals surface area contributed by atoms with Gasteiger partial charge in [-0.15, -0.1) is 0 Å². The molecule has 4 amide bonds. The molecule has 4 rings (SSSR count). The zero-order chi connectivity index (χ0) is 21.8. The number of amides is 4. The van der Waals surface area contributed by atoms with Crippen molar-refractivity contribution in [2.45, 2.75) is 6.61 Å². The molecule has 0 unspecified atom stereocenters. The van der Waals surface area contributed by atoms with Crippen LogP contribution >= 0.6 is 15.9 Å². The highest BCUT2D eigenvalue weighted by atomic mass is 79.9. The average Bonchev–Trinajstić information content (AvgIpc) is 2.78. The van der Waals surface area contributed by atoms with Crippen molar-refractivity contribution >= 4 is 45.5 Å². The van der Waals surface area contributed by atoms with E-state index in [1.807, 2.05) is 30.3 Å². The van der Waals surface area contributed by atoms with E-state index in [9.17, 15) is 14.4 Å². The lowest BCUT2D eigenvalue weighted by Crippen LogP contribution is -2.54. The van der Waals surface area contributed by atoms with Crippen LogP contribution in [0.5, 0.6) is 5.75 Å². The molecular formula is C24H17BrN2O4. The molecule has 0 spiro atoms. The maximum atomic E-state index is 12.9. The van der Waals surface area contributed by atoms with Gasteiger partial charge in [-0.25, -0.2) is 9.69 Å². The summed E-state index contributed by atoms with van der Waals surface area (Å²) in [5.74, 6) is -0.745. The topological polar surface area (TPSA) is 75.7 Å². The fraction of sp³-hybridized carbons (Fsp3) is 0.0417. The quantitative estimate of drug-likeness (QED) is 0.427. The molecule has 7 heteroatoms. The molecule has 3 aromatic rings. The molecule has 1 aliphatic heterocycles. The molecule has 0 aromatic heterocycles. The average molecular weight is 477 g/mol. The number of benzene rings is 3. The van der Waals surface area contributed by atoms with Crippen molar-refractivity contribution in [1.29, 1.82) is 0 Å². The van der Waals surface area contributed by atoms with Gasteiger partial charge in [-0.05, 0) is 53.6 Å². The number of nitrogens with zero attached hydrogens (tertiary/aromatic N) is 1. The van der Waals surface area contributed by atoms with E-state index >= 15 is 0 Å². The lowest BCUT2D eigenvalue weighted by Gasteiger charge is -2.26. The Hall–Kier alpha value is -3.71. The fourth-order valence-electron chi connectivity index (χ4n) is 3.05. The van der Waals surface area contributed by atoms with Crippen LogP contribution in [-0.4, -0.2) is 17.8 Å². The van der Waals surface area contributed by atoms with Gasteiger partial charge in [0.1, 0.15) is 17.9 Å². The normalized spacial score (nSPS) is 15.2. The monoisotopic (exact) mass is 476 g/mol. The first-order valence-electron chi connectivity index (χ1n) is 9.45. The van der Waals surface area contributed by atoms with Crippen LogP contribution in [0.3, 0.4) is 0 Å². The highest BCUT2D eigenvalue weighted by Gasteiger charge is 2.36. The van der Waals surface area contributed by atoms with Gasteiger partial charge in [-0.3, -0.25) is 14.9 Å². The van der Waals surface area contributed by atoms with Crippen LogP contribution in [0.15, 0.2) is 88.9 Å². The summed E-state index contributed by atoms with van der Waals surface area (Å²) in [4.78, 5) is 38.4. The van der Waals surface area contributed by atoms with Gasteiger partial charge in [-0.1, -0.05) is 58.4 Å². The predicted octanol–water partition coefficient (Wildman–Crippen LogP) is 4.69. The van der Waals surface area contributed by atoms with Crippen LogP contribution in [0, 0.1) is 0 Å². The minimum atomic E-state index is -0.779. The van der Waals surface area contributed by atoms with Gasteiger partial charge in [0.15, 0.2) is 0 Å². The van der Waals surface area contributed by atoms with Gasteiger partial charge in [0.2, 0.25) is 0 Å². The van der Waals surface area contributed by atoms with Gasteiger partial charge in [0.25, 0.3) is 11.8 Å². The predicted molar refractivity (Wildman–Crippen MR) is 120 cm³/mol. The largest absolute Gasteiger partial charge is 0.489 e. The summed E-state index contributed by atoms with van der Waals surface area (Å²) >= 11 is 3.32. The Bertz CT molecular complexity index is 1160. The zero-order valence-corrected chi connectivity index (χ0v) is 17.8. The number of barbiturate groups is 1. The van der Waals surface area contributed by atoms with E-state index in [2.05, 4.69) is 21.2 Å². The summed E-state index contributed by atoms with van der Waals surface area (Å²) in [7, 11) is 0. The van der Waals surface area contributed by atoms with Crippen molar-refractivity contribution in [3.63, 3.8) is 0 Å². The van der Waals surface area contributed by atoms with E-state index in [-0.39, 0.29) is 5.57 Å². The summed E-state index contributed by atoms with van der Waals surface area (Å²) in [6, 6.07) is 22.7. The number of halogens is 1. The second-order valence-corrected chi connectivity index (χ2v) is 7.69. The van der Waals surface area contributed by atoms with E-state index in [0.29, 0.717) is 23.6 Å². The van der Waals surface area contributed by atoms with E-state index in [1.54, 1.807) is 48.5 Å². The smallest absolute Gasteiger partial charge is 0.335 e. The maximum absolute atomic E-state index is 12.9. The Kier molecular flexibility index (Phi) is 5.95. The van der Waals surface area contributed by atoms with Crippen molar-refractivity contribution < 1.29 is 19.1 Å². The molecule has 1 N–H and O–H groups in total. The number of anilines is 1. The third kappa shape index (κ3) is 4.73. The second kappa shape index (κ2) is 8.97. The molecule has 154 valence electrons. The molecule has 1 fully saturated rings. The number of rotatable bonds is 5. The molecule has 0 radical (unpaired) electrons. The first-order valence-corrected chi connectivity index (χ1v) is 10.2. The SMILES string of the molecule is O=C1NC(=O)N(c2ccc(Br)cc2)C(=O)C1=Cc1ccc(OCc2ccccc2)cc1. The van der Waals surface area contributed by atoms with E-state index < -0.39 is 17.8 Å². The molecule has 3 aromatic carbocycles. The van der Waals surface area contributed by atoms with Gasteiger partial charge in [-0.2, -0.15) is 0 Å². The van der Waals surface area contributed by atoms with Crippen molar-refractivity contribution in [3.8, 4) is 5.75 Å². The van der Waals surface area contributed by atoms with E-state index in [4.69, 9.17) is 4.74 Å². The lowest BCUT2D eigenvalue weighted by atomic mass is 10.1.